The smallest absolute Gasteiger partial charge is 0.259 e. The fraction of sp³-hybridized carbons (Fsp3) is 0.0435. The van der Waals surface area contributed by atoms with E-state index in [2.05, 4.69) is 31.1 Å². The number of phenolic OH excluding ortho intramolecular Hbond substituents is 3. The molecule has 7 aromatic carbocycles. The predicted octanol–water partition coefficient (Wildman–Crippen LogP) is 11.9. The zero-order valence-electron chi connectivity index (χ0n) is 31.2. The Morgan fingerprint density at radius 1 is 0.525 bits per heavy atom. The first kappa shape index (κ1) is 41.0. The van der Waals surface area contributed by atoms with Crippen LogP contribution in [0.3, 0.4) is 0 Å². The summed E-state index contributed by atoms with van der Waals surface area (Å²) in [4.78, 5) is 25.6. The van der Waals surface area contributed by atoms with Crippen LogP contribution in [-0.2, 0) is 17.1 Å². The molecule has 6 N–H and O–H groups in total. The average Bonchev–Trinajstić information content (AvgIpc) is 3.24. The van der Waals surface area contributed by atoms with Crippen molar-refractivity contribution in [3.63, 3.8) is 0 Å². The van der Waals surface area contributed by atoms with Crippen LogP contribution in [0.5, 0.6) is 17.2 Å². The molecule has 0 heterocycles. The number of carbonyl (C=O) groups excluding carboxylic acids is 2. The number of aliphatic hydroxyl groups is 1. The molecule has 1 aliphatic carbocycles. The molecule has 0 saturated carbocycles. The molecule has 2 amide bonds. The van der Waals surface area contributed by atoms with E-state index >= 15 is 0 Å². The number of allylic oxidation sites excluding steroid dienone is 3. The molecular formula is C46H36FeN6O6. The maximum absolute atomic E-state index is 12.8. The molecule has 59 heavy (non-hydrogen) atoms. The van der Waals surface area contributed by atoms with Crippen LogP contribution < -0.4 is 10.6 Å². The van der Waals surface area contributed by atoms with Crippen LogP contribution in [0, 0.1) is 0 Å². The number of carbonyl (C=O) groups is 2. The van der Waals surface area contributed by atoms with Gasteiger partial charge in [0.25, 0.3) is 11.8 Å². The Hall–Kier alpha value is -7.60. The van der Waals surface area contributed by atoms with Gasteiger partial charge in [-0.1, -0.05) is 103 Å². The van der Waals surface area contributed by atoms with E-state index < -0.39 is 11.8 Å². The summed E-state index contributed by atoms with van der Waals surface area (Å²) in [6.07, 6.45) is 4.75. The largest absolute Gasteiger partial charge is 0.506 e. The number of hydrogen-bond donors (Lipinski definition) is 6. The van der Waals surface area contributed by atoms with Crippen molar-refractivity contribution < 1.29 is 47.1 Å². The van der Waals surface area contributed by atoms with E-state index in [9.17, 15) is 30.0 Å². The molecule has 294 valence electrons. The summed E-state index contributed by atoms with van der Waals surface area (Å²) in [6.45, 7) is 0. The Kier molecular flexibility index (Phi) is 13.2. The first-order valence-corrected chi connectivity index (χ1v) is 18.2. The van der Waals surface area contributed by atoms with E-state index in [1.807, 2.05) is 78.9 Å². The van der Waals surface area contributed by atoms with Crippen LogP contribution >= 0.6 is 0 Å². The number of amides is 2. The zero-order valence-corrected chi connectivity index (χ0v) is 32.3. The topological polar surface area (TPSA) is 189 Å². The van der Waals surface area contributed by atoms with E-state index in [1.54, 1.807) is 72.8 Å². The summed E-state index contributed by atoms with van der Waals surface area (Å²) < 4.78 is 0. The number of phenols is 3. The number of rotatable bonds is 8. The van der Waals surface area contributed by atoms with Gasteiger partial charge in [-0.15, -0.1) is 15.3 Å². The van der Waals surface area contributed by atoms with Gasteiger partial charge in [0, 0.05) is 39.2 Å². The number of fused-ring (bicyclic) bond motifs is 2. The van der Waals surface area contributed by atoms with Gasteiger partial charge in [-0.05, 0) is 78.2 Å². The van der Waals surface area contributed by atoms with Crippen LogP contribution in [0.2, 0.25) is 0 Å². The van der Waals surface area contributed by atoms with Crippen LogP contribution in [0.1, 0.15) is 33.6 Å². The van der Waals surface area contributed by atoms with Gasteiger partial charge >= 0.3 is 0 Å². The molecule has 8 rings (SSSR count). The van der Waals surface area contributed by atoms with Crippen LogP contribution in [0.15, 0.2) is 190 Å². The molecule has 12 nitrogen and oxygen atoms in total. The number of azo groups is 2. The first-order chi connectivity index (χ1) is 28.3. The number of benzene rings is 7. The van der Waals surface area contributed by atoms with E-state index in [1.165, 1.54) is 6.07 Å². The van der Waals surface area contributed by atoms with Gasteiger partial charge < -0.3 is 31.1 Å². The summed E-state index contributed by atoms with van der Waals surface area (Å²) >= 11 is 0. The summed E-state index contributed by atoms with van der Waals surface area (Å²) in [6, 6.07) is 42.3. The molecule has 0 fully saturated rings. The molecule has 0 bridgehead atoms. The van der Waals surface area contributed by atoms with Gasteiger partial charge in [0.2, 0.25) is 0 Å². The second-order valence-electron chi connectivity index (χ2n) is 13.0. The summed E-state index contributed by atoms with van der Waals surface area (Å²) in [5.41, 5.74) is 2.47. The van der Waals surface area contributed by atoms with Gasteiger partial charge in [-0.25, -0.2) is 0 Å². The van der Waals surface area contributed by atoms with Crippen molar-refractivity contribution in [2.75, 3.05) is 10.6 Å². The predicted molar refractivity (Wildman–Crippen MR) is 225 cm³/mol. The van der Waals surface area contributed by atoms with Gasteiger partial charge in [0.05, 0.1) is 11.1 Å². The fourth-order valence-corrected chi connectivity index (χ4v) is 6.13. The number of aromatic hydroxyl groups is 3. The molecule has 0 aromatic heterocycles. The minimum absolute atomic E-state index is 0. The molecule has 0 spiro atoms. The van der Waals surface area contributed by atoms with Crippen LogP contribution in [0.25, 0.3) is 21.5 Å². The summed E-state index contributed by atoms with van der Waals surface area (Å²) in [7, 11) is 0. The number of para-hydroxylation sites is 3. The number of nitrogens with zero attached hydrogens (tertiary/aromatic N) is 4. The minimum Gasteiger partial charge on any atom is -0.506 e. The molecule has 0 saturated heterocycles. The third-order valence-electron chi connectivity index (χ3n) is 9.07. The van der Waals surface area contributed by atoms with Crippen LogP contribution in [-0.4, -0.2) is 32.2 Å². The molecule has 0 atom stereocenters. The Morgan fingerprint density at radius 3 is 1.49 bits per heavy atom. The number of hydrogen-bond acceptors (Lipinski definition) is 10. The number of nitrogens with one attached hydrogen (secondary N) is 2. The molecule has 7 aromatic rings. The SMILES string of the molecule is O=C(Nc1ccccc1)c1cc2ccccc2c(N=NC2=C(O)C=CCC2)c1O.O=C(Nc1ccccc1)c1cc2ccccc2c(N=Nc2ccccc2O)c1O.[Fe]. The normalized spacial score (nSPS) is 12.3. The molecule has 13 heteroatoms. The second kappa shape index (κ2) is 19.0. The molecule has 0 aliphatic heterocycles. The molecule has 1 aliphatic rings. The summed E-state index contributed by atoms with van der Waals surface area (Å²) in [5, 5.41) is 66.3. The fourth-order valence-electron chi connectivity index (χ4n) is 6.13. The van der Waals surface area contributed by atoms with Crippen molar-refractivity contribution in [3.8, 4) is 17.2 Å². The standard InChI is InChI=1S/C23H19N3O3.C23H17N3O3.Fe/c2*27-20-13-7-6-12-19(20)25-26-21-17-11-5-4-8-15(17)14-18(22(21)28)23(29)24-16-9-2-1-3-10-16;/h1-5,7-11,13-14,27-28H,6,12H2,(H,24,29);1-14,27-28H,(H,24,29);. The monoisotopic (exact) mass is 824 g/mol. The quantitative estimate of drug-likeness (QED) is 0.0653. The Labute approximate surface area is 349 Å². The van der Waals surface area contributed by atoms with Crippen LogP contribution in [0.4, 0.5) is 28.4 Å². The third kappa shape index (κ3) is 9.69. The number of aliphatic hydroxyl groups excluding tert-OH is 1. The van der Waals surface area contributed by atoms with E-state index in [0.717, 1.165) is 17.2 Å². The first-order valence-electron chi connectivity index (χ1n) is 18.2. The zero-order chi connectivity index (χ0) is 40.4. The maximum atomic E-state index is 12.8. The minimum atomic E-state index is -0.460. The maximum Gasteiger partial charge on any atom is 0.259 e. The van der Waals surface area contributed by atoms with E-state index in [-0.39, 0.29) is 68.3 Å². The average molecular weight is 825 g/mol. The van der Waals surface area contributed by atoms with Crippen molar-refractivity contribution >= 4 is 61.8 Å². The van der Waals surface area contributed by atoms with Gasteiger partial charge in [-0.3, -0.25) is 9.59 Å². The van der Waals surface area contributed by atoms with E-state index in [4.69, 9.17) is 0 Å². The van der Waals surface area contributed by atoms with Crippen molar-refractivity contribution in [2.45, 2.75) is 12.8 Å². The van der Waals surface area contributed by atoms with Gasteiger partial charge in [0.1, 0.15) is 34.3 Å². The third-order valence-corrected chi connectivity index (χ3v) is 9.07. The van der Waals surface area contributed by atoms with Gasteiger partial charge in [-0.2, -0.15) is 5.11 Å². The van der Waals surface area contributed by atoms with Crippen molar-refractivity contribution in [1.82, 2.24) is 0 Å². The van der Waals surface area contributed by atoms with Crippen molar-refractivity contribution in [2.24, 2.45) is 20.5 Å². The Balaban J connectivity index is 0.000000195. The van der Waals surface area contributed by atoms with Gasteiger partial charge in [0.15, 0.2) is 11.5 Å². The molecular weight excluding hydrogens is 788 g/mol. The molecule has 0 radical (unpaired) electrons. The van der Waals surface area contributed by atoms with Crippen molar-refractivity contribution in [3.05, 3.63) is 180 Å². The van der Waals surface area contributed by atoms with Crippen molar-refractivity contribution in [1.29, 1.82) is 0 Å². The Bertz CT molecular complexity index is 2770. The molecule has 0 unspecified atom stereocenters. The van der Waals surface area contributed by atoms with E-state index in [0.29, 0.717) is 34.3 Å². The number of anilines is 2. The Morgan fingerprint density at radius 2 is 0.983 bits per heavy atom. The second-order valence-corrected chi connectivity index (χ2v) is 13.0. The summed E-state index contributed by atoms with van der Waals surface area (Å²) in [5.74, 6) is -1.42.